The molecule has 0 unspecified atom stereocenters. The second-order valence-electron chi connectivity index (χ2n) is 7.23. The Kier molecular flexibility index (Phi) is 6.66. The Morgan fingerprint density at radius 3 is 2.50 bits per heavy atom. The summed E-state index contributed by atoms with van der Waals surface area (Å²) in [6.07, 6.45) is 0.231. The summed E-state index contributed by atoms with van der Waals surface area (Å²) in [6.45, 7) is 6.14. The van der Waals surface area contributed by atoms with Crippen LogP contribution in [-0.4, -0.2) is 56.5 Å². The minimum atomic E-state index is -0.158. The van der Waals surface area contributed by atoms with Gasteiger partial charge in [-0.2, -0.15) is 0 Å². The first kappa shape index (κ1) is 19.9. The summed E-state index contributed by atoms with van der Waals surface area (Å²) in [4.78, 5) is 29.2. The van der Waals surface area contributed by atoms with Crippen LogP contribution in [0.5, 0.6) is 0 Å². The van der Waals surface area contributed by atoms with Gasteiger partial charge in [0.05, 0.1) is 11.4 Å². The molecule has 0 bridgehead atoms. The van der Waals surface area contributed by atoms with Gasteiger partial charge in [-0.15, -0.1) is 0 Å². The Balaban J connectivity index is 1.52. The lowest BCUT2D eigenvalue weighted by Gasteiger charge is -2.35. The van der Waals surface area contributed by atoms with E-state index in [1.165, 1.54) is 0 Å². The van der Waals surface area contributed by atoms with E-state index in [9.17, 15) is 9.59 Å². The second kappa shape index (κ2) is 9.37. The molecular weight excluding hydrogens is 352 g/mol. The molecule has 3 rings (SSSR count). The van der Waals surface area contributed by atoms with Crippen LogP contribution in [0.1, 0.15) is 22.3 Å². The van der Waals surface area contributed by atoms with Crippen molar-refractivity contribution in [3.8, 4) is 0 Å². The molecule has 6 nitrogen and oxygen atoms in total. The number of para-hydroxylation sites is 2. The first-order valence-electron chi connectivity index (χ1n) is 9.70. The topological polar surface area (TPSA) is 64.7 Å². The molecule has 0 saturated carbocycles. The lowest BCUT2D eigenvalue weighted by molar-refractivity contribution is -0.116. The van der Waals surface area contributed by atoms with Gasteiger partial charge >= 0.3 is 0 Å². The normalized spacial score (nSPS) is 14.6. The number of aryl methyl sites for hydroxylation is 1. The number of anilines is 2. The molecule has 1 fully saturated rings. The van der Waals surface area contributed by atoms with Gasteiger partial charge in [0.25, 0.3) is 5.91 Å². The average Bonchev–Trinajstić information content (AvgIpc) is 2.69. The molecule has 148 valence electrons. The first-order chi connectivity index (χ1) is 13.5. The van der Waals surface area contributed by atoms with Crippen molar-refractivity contribution in [1.82, 2.24) is 10.2 Å². The first-order valence-corrected chi connectivity index (χ1v) is 9.70. The van der Waals surface area contributed by atoms with Crippen molar-refractivity contribution < 1.29 is 9.59 Å². The van der Waals surface area contributed by atoms with E-state index in [2.05, 4.69) is 27.5 Å². The maximum absolute atomic E-state index is 12.4. The third-order valence-corrected chi connectivity index (χ3v) is 4.94. The molecule has 28 heavy (non-hydrogen) atoms. The zero-order valence-electron chi connectivity index (χ0n) is 16.6. The zero-order valence-corrected chi connectivity index (χ0v) is 16.6. The van der Waals surface area contributed by atoms with E-state index in [1.807, 2.05) is 49.4 Å². The van der Waals surface area contributed by atoms with Crippen LogP contribution in [0.3, 0.4) is 0 Å². The van der Waals surface area contributed by atoms with Gasteiger partial charge in [0.15, 0.2) is 0 Å². The van der Waals surface area contributed by atoms with Gasteiger partial charge in [0.2, 0.25) is 5.91 Å². The van der Waals surface area contributed by atoms with Crippen molar-refractivity contribution in [3.05, 3.63) is 59.7 Å². The van der Waals surface area contributed by atoms with Crippen molar-refractivity contribution in [1.29, 1.82) is 0 Å². The van der Waals surface area contributed by atoms with Gasteiger partial charge in [0, 0.05) is 44.7 Å². The van der Waals surface area contributed by atoms with Crippen molar-refractivity contribution in [3.63, 3.8) is 0 Å². The fraction of sp³-hybridized carbons (Fsp3) is 0.364. The molecular formula is C22H28N4O2. The maximum atomic E-state index is 12.4. The van der Waals surface area contributed by atoms with Gasteiger partial charge in [-0.05, 0) is 38.2 Å². The SMILES string of the molecule is Cc1cccc(C(=O)NCCC(=O)Nc2ccccc2N2CCN(C)CC2)c1. The molecule has 6 heteroatoms. The van der Waals surface area contributed by atoms with Crippen LogP contribution in [0.4, 0.5) is 11.4 Å². The van der Waals surface area contributed by atoms with Gasteiger partial charge in [0.1, 0.15) is 0 Å². The van der Waals surface area contributed by atoms with Crippen molar-refractivity contribution in [2.24, 2.45) is 0 Å². The van der Waals surface area contributed by atoms with Crippen molar-refractivity contribution in [2.45, 2.75) is 13.3 Å². The molecule has 2 aromatic carbocycles. The van der Waals surface area contributed by atoms with E-state index in [0.29, 0.717) is 12.1 Å². The highest BCUT2D eigenvalue weighted by Gasteiger charge is 2.17. The highest BCUT2D eigenvalue weighted by molar-refractivity contribution is 5.96. The smallest absolute Gasteiger partial charge is 0.251 e. The van der Waals surface area contributed by atoms with Crippen molar-refractivity contribution in [2.75, 3.05) is 50.0 Å². The number of amides is 2. The Morgan fingerprint density at radius 1 is 1.00 bits per heavy atom. The molecule has 1 aliphatic heterocycles. The molecule has 1 saturated heterocycles. The number of carbonyl (C=O) groups is 2. The predicted octanol–water partition coefficient (Wildman–Crippen LogP) is 2.51. The fourth-order valence-electron chi connectivity index (χ4n) is 3.29. The summed E-state index contributed by atoms with van der Waals surface area (Å²) in [7, 11) is 2.12. The Bertz CT molecular complexity index is 829. The van der Waals surface area contributed by atoms with Gasteiger partial charge < -0.3 is 20.4 Å². The van der Waals surface area contributed by atoms with Crippen LogP contribution in [0.25, 0.3) is 0 Å². The minimum Gasteiger partial charge on any atom is -0.367 e. The highest BCUT2D eigenvalue weighted by Crippen LogP contribution is 2.26. The number of hydrogen-bond acceptors (Lipinski definition) is 4. The molecule has 1 heterocycles. The summed E-state index contributed by atoms with van der Waals surface area (Å²) in [5.74, 6) is -0.263. The minimum absolute atomic E-state index is 0.105. The van der Waals surface area contributed by atoms with Crippen molar-refractivity contribution >= 4 is 23.2 Å². The van der Waals surface area contributed by atoms with E-state index in [-0.39, 0.29) is 18.2 Å². The predicted molar refractivity (Wildman–Crippen MR) is 113 cm³/mol. The van der Waals surface area contributed by atoms with Crippen LogP contribution in [-0.2, 0) is 4.79 Å². The number of nitrogens with zero attached hydrogens (tertiary/aromatic N) is 2. The third-order valence-electron chi connectivity index (χ3n) is 4.94. The number of piperazine rings is 1. The fourth-order valence-corrected chi connectivity index (χ4v) is 3.29. The van der Waals surface area contributed by atoms with Crippen LogP contribution in [0, 0.1) is 6.92 Å². The summed E-state index contributed by atoms with van der Waals surface area (Å²) >= 11 is 0. The number of likely N-dealkylation sites (N-methyl/N-ethyl adjacent to an activating group) is 1. The number of carbonyl (C=O) groups excluding carboxylic acids is 2. The Morgan fingerprint density at radius 2 is 1.75 bits per heavy atom. The molecule has 0 radical (unpaired) electrons. The van der Waals surface area contributed by atoms with Gasteiger partial charge in [-0.1, -0.05) is 29.8 Å². The zero-order chi connectivity index (χ0) is 19.9. The number of benzene rings is 2. The Labute approximate surface area is 166 Å². The molecule has 0 spiro atoms. The summed E-state index contributed by atoms with van der Waals surface area (Å²) < 4.78 is 0. The van der Waals surface area contributed by atoms with Gasteiger partial charge in [-0.25, -0.2) is 0 Å². The summed E-state index contributed by atoms with van der Waals surface area (Å²) in [6, 6.07) is 15.3. The van der Waals surface area contributed by atoms with Gasteiger partial charge in [-0.3, -0.25) is 9.59 Å². The van der Waals surface area contributed by atoms with E-state index in [0.717, 1.165) is 43.1 Å². The number of nitrogens with one attached hydrogen (secondary N) is 2. The third kappa shape index (κ3) is 5.33. The van der Waals surface area contributed by atoms with E-state index >= 15 is 0 Å². The molecule has 0 atom stereocenters. The summed E-state index contributed by atoms with van der Waals surface area (Å²) in [5.41, 5.74) is 3.52. The second-order valence-corrected chi connectivity index (χ2v) is 7.23. The lowest BCUT2D eigenvalue weighted by Crippen LogP contribution is -2.44. The molecule has 0 aromatic heterocycles. The van der Waals surface area contributed by atoms with E-state index in [1.54, 1.807) is 6.07 Å². The largest absolute Gasteiger partial charge is 0.367 e. The van der Waals surface area contributed by atoms with E-state index in [4.69, 9.17) is 0 Å². The maximum Gasteiger partial charge on any atom is 0.251 e. The average molecular weight is 380 g/mol. The van der Waals surface area contributed by atoms with Crippen LogP contribution in [0.15, 0.2) is 48.5 Å². The lowest BCUT2D eigenvalue weighted by atomic mass is 10.1. The van der Waals surface area contributed by atoms with E-state index < -0.39 is 0 Å². The quantitative estimate of drug-likeness (QED) is 0.808. The van der Waals surface area contributed by atoms with Crippen LogP contribution >= 0.6 is 0 Å². The standard InChI is InChI=1S/C22H28N4O2/c1-17-6-5-7-18(16-17)22(28)23-11-10-21(27)24-19-8-3-4-9-20(19)26-14-12-25(2)13-15-26/h3-9,16H,10-15H2,1-2H3,(H,23,28)(H,24,27). The van der Waals surface area contributed by atoms with Crippen LogP contribution < -0.4 is 15.5 Å². The molecule has 2 aromatic rings. The number of hydrogen-bond donors (Lipinski definition) is 2. The Hall–Kier alpha value is -2.86. The summed E-state index contributed by atoms with van der Waals surface area (Å²) in [5, 5.41) is 5.81. The number of rotatable bonds is 6. The highest BCUT2D eigenvalue weighted by atomic mass is 16.2. The molecule has 1 aliphatic rings. The molecule has 2 amide bonds. The molecule has 2 N–H and O–H groups in total. The molecule has 0 aliphatic carbocycles. The monoisotopic (exact) mass is 380 g/mol. The van der Waals surface area contributed by atoms with Crippen LogP contribution in [0.2, 0.25) is 0 Å².